The third-order valence-corrected chi connectivity index (χ3v) is 7.22. The standard InChI is InChI=1S/C29H24F4N6O3S/c1-17(2)23-13-20(30)7-12-24(23)39-25(40)15-43-28(39)36-27(41)34-14-18-3-5-19(6-4-18)26-35-16-38(37-26)21-8-10-22(11-9-21)42-29(31,32)33/h3-13,16-17H,14-15H2,1-2H3,(H,34,41)/b36-28-. The van der Waals surface area contributed by atoms with Crippen LogP contribution in [0.5, 0.6) is 5.75 Å². The highest BCUT2D eigenvalue weighted by molar-refractivity contribution is 8.15. The third-order valence-electron chi connectivity index (χ3n) is 6.30. The number of benzene rings is 3. The number of nitrogens with zero attached hydrogens (tertiary/aromatic N) is 5. The molecule has 1 N–H and O–H groups in total. The Hall–Kier alpha value is -4.72. The van der Waals surface area contributed by atoms with E-state index in [-0.39, 0.29) is 35.0 Å². The Kier molecular flexibility index (Phi) is 8.48. The van der Waals surface area contributed by atoms with E-state index >= 15 is 0 Å². The molecule has 222 valence electrons. The zero-order chi connectivity index (χ0) is 30.7. The molecule has 2 heterocycles. The summed E-state index contributed by atoms with van der Waals surface area (Å²) in [6.45, 7) is 3.94. The van der Waals surface area contributed by atoms with Gasteiger partial charge in [-0.05, 0) is 59.5 Å². The second-order valence-corrected chi connectivity index (χ2v) is 10.6. The molecule has 0 saturated carbocycles. The molecule has 4 aromatic rings. The molecule has 0 radical (unpaired) electrons. The van der Waals surface area contributed by atoms with E-state index in [0.29, 0.717) is 28.3 Å². The molecule has 5 rings (SSSR count). The van der Waals surface area contributed by atoms with E-state index in [1.54, 1.807) is 24.3 Å². The maximum Gasteiger partial charge on any atom is 0.573 e. The molecular weight excluding hydrogens is 588 g/mol. The Morgan fingerprint density at radius 1 is 1.09 bits per heavy atom. The maximum atomic E-state index is 13.9. The summed E-state index contributed by atoms with van der Waals surface area (Å²) in [7, 11) is 0. The molecule has 0 atom stereocenters. The molecule has 9 nitrogen and oxygen atoms in total. The summed E-state index contributed by atoms with van der Waals surface area (Å²) in [5, 5.41) is 7.30. The molecule has 3 amide bonds. The molecule has 0 bridgehead atoms. The molecule has 3 aromatic carbocycles. The number of carbonyl (C=O) groups excluding carboxylic acids is 2. The summed E-state index contributed by atoms with van der Waals surface area (Å²) in [5.74, 6) is -0.548. The molecule has 14 heteroatoms. The van der Waals surface area contributed by atoms with E-state index in [0.717, 1.165) is 17.3 Å². The molecule has 0 spiro atoms. The van der Waals surface area contributed by atoms with Crippen molar-refractivity contribution >= 4 is 34.6 Å². The fraction of sp³-hybridized carbons (Fsp3) is 0.207. The van der Waals surface area contributed by atoms with Crippen molar-refractivity contribution in [1.29, 1.82) is 0 Å². The van der Waals surface area contributed by atoms with Gasteiger partial charge in [-0.15, -0.1) is 18.3 Å². The van der Waals surface area contributed by atoms with Crippen LogP contribution in [0.3, 0.4) is 0 Å². The van der Waals surface area contributed by atoms with Crippen LogP contribution in [0.1, 0.15) is 30.9 Å². The topological polar surface area (TPSA) is 102 Å². The number of halogens is 4. The van der Waals surface area contributed by atoms with Crippen LogP contribution in [0, 0.1) is 5.82 Å². The molecule has 1 aliphatic rings. The van der Waals surface area contributed by atoms with Gasteiger partial charge < -0.3 is 10.1 Å². The lowest BCUT2D eigenvalue weighted by Gasteiger charge is -2.21. The van der Waals surface area contributed by atoms with Crippen molar-refractivity contribution in [3.63, 3.8) is 0 Å². The van der Waals surface area contributed by atoms with Gasteiger partial charge in [-0.3, -0.25) is 9.69 Å². The number of aliphatic imine (C=N–C) groups is 1. The summed E-state index contributed by atoms with van der Waals surface area (Å²) >= 11 is 1.14. The lowest BCUT2D eigenvalue weighted by Crippen LogP contribution is -2.32. The number of aromatic nitrogens is 3. The monoisotopic (exact) mass is 612 g/mol. The normalized spacial score (nSPS) is 14.5. The third kappa shape index (κ3) is 7.20. The van der Waals surface area contributed by atoms with Crippen LogP contribution in [0.15, 0.2) is 78.0 Å². The number of hydrogen-bond donors (Lipinski definition) is 1. The zero-order valence-electron chi connectivity index (χ0n) is 22.8. The molecular formula is C29H24F4N6O3S. The molecule has 1 aliphatic heterocycles. The van der Waals surface area contributed by atoms with Gasteiger partial charge in [-0.25, -0.2) is 18.9 Å². The van der Waals surface area contributed by atoms with Crippen LogP contribution < -0.4 is 15.0 Å². The minimum atomic E-state index is -4.77. The average Bonchev–Trinajstić information content (AvgIpc) is 3.59. The van der Waals surface area contributed by atoms with E-state index in [4.69, 9.17) is 0 Å². The highest BCUT2D eigenvalue weighted by Crippen LogP contribution is 2.34. The van der Waals surface area contributed by atoms with E-state index in [2.05, 4.69) is 25.1 Å². The Morgan fingerprint density at radius 3 is 2.49 bits per heavy atom. The number of urea groups is 1. The predicted octanol–water partition coefficient (Wildman–Crippen LogP) is 6.44. The molecule has 43 heavy (non-hydrogen) atoms. The van der Waals surface area contributed by atoms with Gasteiger partial charge in [0.05, 0.1) is 17.1 Å². The maximum absolute atomic E-state index is 13.9. The molecule has 1 fully saturated rings. The number of alkyl halides is 3. The SMILES string of the molecule is CC(C)c1cc(F)ccc1N1C(=O)CS/C1=N\C(=O)NCc1ccc(-c2ncn(-c3ccc(OC(F)(F)F)cc3)n2)cc1. The predicted molar refractivity (Wildman–Crippen MR) is 154 cm³/mol. The first-order valence-electron chi connectivity index (χ1n) is 13.0. The minimum Gasteiger partial charge on any atom is -0.406 e. The fourth-order valence-corrected chi connectivity index (χ4v) is 5.13. The van der Waals surface area contributed by atoms with Crippen molar-refractivity contribution in [2.45, 2.75) is 32.7 Å². The quantitative estimate of drug-likeness (QED) is 0.241. The van der Waals surface area contributed by atoms with E-state index in [9.17, 15) is 27.2 Å². The van der Waals surface area contributed by atoms with Crippen LogP contribution in [0.4, 0.5) is 28.0 Å². The smallest absolute Gasteiger partial charge is 0.406 e. The van der Waals surface area contributed by atoms with Crippen molar-refractivity contribution in [1.82, 2.24) is 20.1 Å². The van der Waals surface area contributed by atoms with Gasteiger partial charge in [0.25, 0.3) is 0 Å². The Morgan fingerprint density at radius 2 is 1.81 bits per heavy atom. The second-order valence-electron chi connectivity index (χ2n) is 9.68. The summed E-state index contributed by atoms with van der Waals surface area (Å²) in [5.41, 5.74) is 3.08. The Bertz CT molecular complexity index is 1670. The van der Waals surface area contributed by atoms with Crippen LogP contribution in [0.25, 0.3) is 17.1 Å². The molecule has 1 aromatic heterocycles. The van der Waals surface area contributed by atoms with E-state index in [1.807, 2.05) is 13.8 Å². The fourth-order valence-electron chi connectivity index (χ4n) is 4.27. The molecule has 1 saturated heterocycles. The first-order valence-corrected chi connectivity index (χ1v) is 13.9. The van der Waals surface area contributed by atoms with Gasteiger partial charge in [-0.1, -0.05) is 49.9 Å². The number of carbonyl (C=O) groups is 2. The number of anilines is 1. The van der Waals surface area contributed by atoms with Crippen LogP contribution in [0.2, 0.25) is 0 Å². The number of thioether (sulfide) groups is 1. The number of nitrogens with one attached hydrogen (secondary N) is 1. The lowest BCUT2D eigenvalue weighted by atomic mass is 10.0. The van der Waals surface area contributed by atoms with Gasteiger partial charge in [0, 0.05) is 12.1 Å². The van der Waals surface area contributed by atoms with Gasteiger partial charge in [0.1, 0.15) is 17.9 Å². The van der Waals surface area contributed by atoms with Crippen LogP contribution in [-0.4, -0.2) is 44.0 Å². The number of amides is 3. The van der Waals surface area contributed by atoms with Crippen molar-refractivity contribution in [2.24, 2.45) is 4.99 Å². The molecule has 0 aliphatic carbocycles. The molecule has 0 unspecified atom stereocenters. The largest absolute Gasteiger partial charge is 0.573 e. The number of amidine groups is 1. The first kappa shape index (κ1) is 29.8. The first-order chi connectivity index (χ1) is 20.5. The number of hydrogen-bond acceptors (Lipinski definition) is 6. The van der Waals surface area contributed by atoms with Crippen LogP contribution >= 0.6 is 11.8 Å². The zero-order valence-corrected chi connectivity index (χ0v) is 23.6. The van der Waals surface area contributed by atoms with Gasteiger partial charge >= 0.3 is 12.4 Å². The van der Waals surface area contributed by atoms with Crippen molar-refractivity contribution in [3.05, 3.63) is 90.0 Å². The summed E-state index contributed by atoms with van der Waals surface area (Å²) in [6, 6.07) is 15.9. The summed E-state index contributed by atoms with van der Waals surface area (Å²) < 4.78 is 56.3. The summed E-state index contributed by atoms with van der Waals surface area (Å²) in [4.78, 5) is 35.0. The second kappa shape index (κ2) is 12.3. The van der Waals surface area contributed by atoms with Gasteiger partial charge in [-0.2, -0.15) is 4.99 Å². The van der Waals surface area contributed by atoms with Gasteiger partial charge in [0.15, 0.2) is 11.0 Å². The summed E-state index contributed by atoms with van der Waals surface area (Å²) in [6.07, 6.45) is -3.34. The van der Waals surface area contributed by atoms with Crippen molar-refractivity contribution < 1.29 is 31.9 Å². The van der Waals surface area contributed by atoms with E-state index < -0.39 is 18.2 Å². The number of ether oxygens (including phenoxy) is 1. The highest BCUT2D eigenvalue weighted by Gasteiger charge is 2.33. The van der Waals surface area contributed by atoms with Crippen LogP contribution in [-0.2, 0) is 11.3 Å². The van der Waals surface area contributed by atoms with E-state index in [1.165, 1.54) is 58.4 Å². The lowest BCUT2D eigenvalue weighted by molar-refractivity contribution is -0.274. The van der Waals surface area contributed by atoms with Crippen molar-refractivity contribution in [3.8, 4) is 22.8 Å². The average molecular weight is 613 g/mol. The Labute approximate surface area is 247 Å². The number of rotatable bonds is 7. The van der Waals surface area contributed by atoms with Gasteiger partial charge in [0.2, 0.25) is 5.91 Å². The Balaban J connectivity index is 1.22. The minimum absolute atomic E-state index is 0.0561. The highest BCUT2D eigenvalue weighted by atomic mass is 32.2. The van der Waals surface area contributed by atoms with Crippen molar-refractivity contribution in [2.75, 3.05) is 10.7 Å².